The Bertz CT molecular complexity index is 441. The first-order valence-corrected chi connectivity index (χ1v) is 4.97. The van der Waals surface area contributed by atoms with Crippen molar-refractivity contribution >= 4 is 5.91 Å². The van der Waals surface area contributed by atoms with Gasteiger partial charge in [0, 0.05) is 7.05 Å². The normalized spacial score (nSPS) is 14.4. The Morgan fingerprint density at radius 2 is 2.06 bits per heavy atom. The van der Waals surface area contributed by atoms with Crippen LogP contribution in [0.25, 0.3) is 0 Å². The van der Waals surface area contributed by atoms with Crippen LogP contribution in [0.1, 0.15) is 24.3 Å². The summed E-state index contributed by atoms with van der Waals surface area (Å²) in [5.74, 6) is -0.837. The lowest BCUT2D eigenvalue weighted by molar-refractivity contribution is -0.222. The first kappa shape index (κ1) is 14.4. The third kappa shape index (κ3) is 3.19. The Morgan fingerprint density at radius 3 is 2.44 bits per heavy atom. The fourth-order valence-electron chi connectivity index (χ4n) is 1.29. The standard InChI is InChI=1S/C9H13F3N4O2/c1-8(2,7(18)9(10,11)12)13-6(17)5-4-16(3)15-14-5/h4,7,18H,1-3H3,(H,13,17). The van der Waals surface area contributed by atoms with Gasteiger partial charge in [0.15, 0.2) is 11.8 Å². The second kappa shape index (κ2) is 4.56. The summed E-state index contributed by atoms with van der Waals surface area (Å²) in [6.07, 6.45) is -6.24. The van der Waals surface area contributed by atoms with Crippen molar-refractivity contribution in [2.75, 3.05) is 0 Å². The molecule has 1 aromatic rings. The maximum atomic E-state index is 12.4. The molecule has 0 radical (unpaired) electrons. The number of nitrogens with one attached hydrogen (secondary N) is 1. The minimum absolute atomic E-state index is 0.125. The molecule has 0 aliphatic carbocycles. The Morgan fingerprint density at radius 1 is 1.50 bits per heavy atom. The highest BCUT2D eigenvalue weighted by molar-refractivity contribution is 5.92. The molecule has 0 saturated heterocycles. The van der Waals surface area contributed by atoms with E-state index in [-0.39, 0.29) is 5.69 Å². The number of nitrogens with zero attached hydrogens (tertiary/aromatic N) is 3. The van der Waals surface area contributed by atoms with E-state index in [4.69, 9.17) is 5.11 Å². The summed E-state index contributed by atoms with van der Waals surface area (Å²) < 4.78 is 38.3. The minimum atomic E-state index is -4.82. The summed E-state index contributed by atoms with van der Waals surface area (Å²) in [5.41, 5.74) is -1.99. The van der Waals surface area contributed by atoms with E-state index in [0.29, 0.717) is 0 Å². The van der Waals surface area contributed by atoms with E-state index in [1.54, 1.807) is 0 Å². The average Bonchev–Trinajstić information content (AvgIpc) is 2.61. The van der Waals surface area contributed by atoms with Crippen LogP contribution < -0.4 is 5.32 Å². The maximum absolute atomic E-state index is 12.4. The van der Waals surface area contributed by atoms with Crippen molar-refractivity contribution in [3.8, 4) is 0 Å². The molecule has 0 saturated carbocycles. The highest BCUT2D eigenvalue weighted by atomic mass is 19.4. The van der Waals surface area contributed by atoms with Gasteiger partial charge in [0.25, 0.3) is 5.91 Å². The zero-order chi connectivity index (χ0) is 14.1. The van der Waals surface area contributed by atoms with Gasteiger partial charge >= 0.3 is 6.18 Å². The fourth-order valence-corrected chi connectivity index (χ4v) is 1.29. The lowest BCUT2D eigenvalue weighted by Crippen LogP contribution is -2.57. The van der Waals surface area contributed by atoms with Gasteiger partial charge in [0.05, 0.1) is 11.7 Å². The smallest absolute Gasteiger partial charge is 0.382 e. The van der Waals surface area contributed by atoms with Crippen LogP contribution in [0.3, 0.4) is 0 Å². The summed E-state index contributed by atoms with van der Waals surface area (Å²) in [6.45, 7) is 2.14. The van der Waals surface area contributed by atoms with Gasteiger partial charge in [-0.1, -0.05) is 5.21 Å². The number of hydrogen-bond acceptors (Lipinski definition) is 4. The van der Waals surface area contributed by atoms with Crippen LogP contribution in [0, 0.1) is 0 Å². The zero-order valence-electron chi connectivity index (χ0n) is 9.99. The Hall–Kier alpha value is -1.64. The lowest BCUT2D eigenvalue weighted by atomic mass is 9.96. The van der Waals surface area contributed by atoms with Gasteiger partial charge in [-0.2, -0.15) is 13.2 Å². The van der Waals surface area contributed by atoms with Gasteiger partial charge in [-0.25, -0.2) is 0 Å². The van der Waals surface area contributed by atoms with E-state index in [9.17, 15) is 18.0 Å². The highest BCUT2D eigenvalue weighted by Crippen LogP contribution is 2.27. The van der Waals surface area contributed by atoms with Crippen LogP contribution in [-0.2, 0) is 7.05 Å². The van der Waals surface area contributed by atoms with Crippen molar-refractivity contribution in [3.63, 3.8) is 0 Å². The molecule has 1 heterocycles. The second-order valence-corrected chi connectivity index (χ2v) is 4.40. The van der Waals surface area contributed by atoms with Crippen molar-refractivity contribution in [2.24, 2.45) is 7.05 Å². The third-order valence-corrected chi connectivity index (χ3v) is 2.26. The van der Waals surface area contributed by atoms with Crippen molar-refractivity contribution in [3.05, 3.63) is 11.9 Å². The predicted molar refractivity (Wildman–Crippen MR) is 54.6 cm³/mol. The molecule has 18 heavy (non-hydrogen) atoms. The number of carbonyl (C=O) groups excluding carboxylic acids is 1. The topological polar surface area (TPSA) is 80.0 Å². The average molecular weight is 266 g/mol. The summed E-state index contributed by atoms with van der Waals surface area (Å²) >= 11 is 0. The second-order valence-electron chi connectivity index (χ2n) is 4.40. The van der Waals surface area contributed by atoms with Gasteiger partial charge in [0.2, 0.25) is 0 Å². The molecule has 0 aromatic carbocycles. The van der Waals surface area contributed by atoms with E-state index in [1.165, 1.54) is 17.9 Å². The first-order chi connectivity index (χ1) is 8.04. The number of carbonyl (C=O) groups is 1. The van der Waals surface area contributed by atoms with Crippen LogP contribution >= 0.6 is 0 Å². The number of aryl methyl sites for hydroxylation is 1. The molecule has 2 N–H and O–H groups in total. The van der Waals surface area contributed by atoms with Gasteiger partial charge in [-0.05, 0) is 13.8 Å². The Labute approximate surface area is 101 Å². The van der Waals surface area contributed by atoms with Crippen molar-refractivity contribution in [1.29, 1.82) is 0 Å². The monoisotopic (exact) mass is 266 g/mol. The molecule has 0 bridgehead atoms. The van der Waals surface area contributed by atoms with Crippen LogP contribution in [0.4, 0.5) is 13.2 Å². The van der Waals surface area contributed by atoms with Gasteiger partial charge < -0.3 is 10.4 Å². The van der Waals surface area contributed by atoms with Crippen molar-refractivity contribution in [2.45, 2.75) is 31.7 Å². The molecular formula is C9H13F3N4O2. The minimum Gasteiger partial charge on any atom is -0.382 e. The number of aromatic nitrogens is 3. The molecule has 1 aromatic heterocycles. The van der Waals surface area contributed by atoms with E-state index < -0.39 is 23.7 Å². The predicted octanol–water partition coefficient (Wildman–Crippen LogP) is 0.247. The summed E-state index contributed by atoms with van der Waals surface area (Å²) in [4.78, 5) is 11.6. The Balaban J connectivity index is 2.80. The van der Waals surface area contributed by atoms with Crippen LogP contribution in [0.2, 0.25) is 0 Å². The quantitative estimate of drug-likeness (QED) is 0.821. The van der Waals surface area contributed by atoms with E-state index in [2.05, 4.69) is 15.6 Å². The summed E-state index contributed by atoms with van der Waals surface area (Å²) in [6, 6.07) is 0. The zero-order valence-corrected chi connectivity index (χ0v) is 9.99. The van der Waals surface area contributed by atoms with E-state index >= 15 is 0 Å². The number of aliphatic hydroxyl groups excluding tert-OH is 1. The van der Waals surface area contributed by atoms with Gasteiger partial charge in [-0.3, -0.25) is 9.48 Å². The van der Waals surface area contributed by atoms with Crippen molar-refractivity contribution in [1.82, 2.24) is 20.3 Å². The maximum Gasteiger partial charge on any atom is 0.416 e. The number of alkyl halides is 3. The fraction of sp³-hybridized carbons (Fsp3) is 0.667. The van der Waals surface area contributed by atoms with Crippen LogP contribution in [0.5, 0.6) is 0 Å². The molecule has 0 aliphatic rings. The first-order valence-electron chi connectivity index (χ1n) is 4.97. The highest BCUT2D eigenvalue weighted by Gasteiger charge is 2.48. The van der Waals surface area contributed by atoms with Gasteiger partial charge in [0.1, 0.15) is 0 Å². The largest absolute Gasteiger partial charge is 0.416 e. The molecular weight excluding hydrogens is 253 g/mol. The molecule has 0 spiro atoms. The lowest BCUT2D eigenvalue weighted by Gasteiger charge is -2.32. The summed E-state index contributed by atoms with van der Waals surface area (Å²) in [7, 11) is 1.51. The number of amides is 1. The molecule has 9 heteroatoms. The molecule has 6 nitrogen and oxygen atoms in total. The number of rotatable bonds is 3. The van der Waals surface area contributed by atoms with Crippen LogP contribution in [-0.4, -0.2) is 43.8 Å². The summed E-state index contributed by atoms with van der Waals surface area (Å²) in [5, 5.41) is 18.1. The van der Waals surface area contributed by atoms with Crippen molar-refractivity contribution < 1.29 is 23.1 Å². The van der Waals surface area contributed by atoms with Crippen LogP contribution in [0.15, 0.2) is 6.20 Å². The number of aliphatic hydroxyl groups is 1. The molecule has 1 rings (SSSR count). The molecule has 0 fully saturated rings. The Kier molecular flexibility index (Phi) is 3.65. The third-order valence-electron chi connectivity index (χ3n) is 2.26. The molecule has 1 amide bonds. The number of hydrogen-bond donors (Lipinski definition) is 2. The molecule has 102 valence electrons. The van der Waals surface area contributed by atoms with Gasteiger partial charge in [-0.15, -0.1) is 5.10 Å². The number of halogens is 3. The molecule has 1 unspecified atom stereocenters. The van der Waals surface area contributed by atoms with E-state index in [0.717, 1.165) is 13.8 Å². The molecule has 0 aliphatic heterocycles. The molecule has 1 atom stereocenters. The SMILES string of the molecule is Cn1cc(C(=O)NC(C)(C)C(O)C(F)(F)F)nn1. The van der Waals surface area contributed by atoms with E-state index in [1.807, 2.05) is 0 Å².